The van der Waals surface area contributed by atoms with E-state index in [1.54, 1.807) is 49.4 Å². The number of benzene rings is 2. The maximum Gasteiger partial charge on any atom is 0.286 e. The molecule has 0 N–H and O–H groups in total. The summed E-state index contributed by atoms with van der Waals surface area (Å²) in [6.07, 6.45) is 0.216. The molecule has 3 rings (SSSR count). The average Bonchev–Trinajstić information content (AvgIpc) is 3.13. The summed E-state index contributed by atoms with van der Waals surface area (Å²) in [5.74, 6) is 1.48. The molecule has 5 nitrogen and oxygen atoms in total. The lowest BCUT2D eigenvalue weighted by molar-refractivity contribution is -0.175. The Hall–Kier alpha value is -1.95. The van der Waals surface area contributed by atoms with Crippen LogP contribution < -0.4 is 9.47 Å². The van der Waals surface area contributed by atoms with Crippen LogP contribution in [0.2, 0.25) is 10.0 Å². The highest BCUT2D eigenvalue weighted by Gasteiger charge is 2.25. The van der Waals surface area contributed by atoms with Crippen LogP contribution in [-0.4, -0.2) is 30.2 Å². The summed E-state index contributed by atoms with van der Waals surface area (Å²) in [7, 11) is 0. The van der Waals surface area contributed by atoms with Crippen molar-refractivity contribution in [3.8, 4) is 17.2 Å². The Balaban J connectivity index is 1.60. The maximum atomic E-state index is 12.1. The maximum absolute atomic E-state index is 12.1. The molecule has 0 radical (unpaired) electrons. The fraction of sp³-hybridized carbons (Fsp3) is 0.278. The fourth-order valence-corrected chi connectivity index (χ4v) is 2.80. The fourth-order valence-electron chi connectivity index (χ4n) is 2.35. The van der Waals surface area contributed by atoms with Crippen molar-refractivity contribution in [1.82, 2.24) is 5.06 Å². The van der Waals surface area contributed by atoms with Crippen molar-refractivity contribution < 1.29 is 19.1 Å². The number of nitrogens with zero attached hydrogens (tertiary/aromatic N) is 1. The minimum absolute atomic E-state index is 0.189. The summed E-state index contributed by atoms with van der Waals surface area (Å²) in [6.45, 7) is 2.86. The van der Waals surface area contributed by atoms with Crippen molar-refractivity contribution in [3.63, 3.8) is 0 Å². The minimum Gasteiger partial charge on any atom is -0.481 e. The molecule has 2 aromatic rings. The van der Waals surface area contributed by atoms with Crippen LogP contribution in [0.5, 0.6) is 17.2 Å². The Labute approximate surface area is 155 Å². The number of hydrogen-bond acceptors (Lipinski definition) is 4. The van der Waals surface area contributed by atoms with Gasteiger partial charge < -0.3 is 9.47 Å². The summed E-state index contributed by atoms with van der Waals surface area (Å²) in [5.41, 5.74) is 0. The predicted octanol–water partition coefficient (Wildman–Crippen LogP) is 4.72. The zero-order valence-corrected chi connectivity index (χ0v) is 15.1. The molecule has 1 amide bonds. The van der Waals surface area contributed by atoms with Crippen molar-refractivity contribution in [3.05, 3.63) is 52.5 Å². The SMILES string of the molecule is CC(Oc1ccc(Oc2ccc(Cl)cc2Cl)cc1)C(=O)N1CCCO1. The van der Waals surface area contributed by atoms with Gasteiger partial charge in [0.15, 0.2) is 6.10 Å². The molecule has 0 saturated carbocycles. The summed E-state index contributed by atoms with van der Waals surface area (Å²) >= 11 is 12.0. The third kappa shape index (κ3) is 4.57. The predicted molar refractivity (Wildman–Crippen MR) is 95.4 cm³/mol. The van der Waals surface area contributed by atoms with Crippen molar-refractivity contribution in [2.45, 2.75) is 19.4 Å². The van der Waals surface area contributed by atoms with Gasteiger partial charge in [0.25, 0.3) is 5.91 Å². The van der Waals surface area contributed by atoms with E-state index in [4.69, 9.17) is 37.5 Å². The van der Waals surface area contributed by atoms with E-state index >= 15 is 0 Å². The highest BCUT2D eigenvalue weighted by Crippen LogP contribution is 2.32. The van der Waals surface area contributed by atoms with Gasteiger partial charge in [0.2, 0.25) is 0 Å². The van der Waals surface area contributed by atoms with Gasteiger partial charge in [-0.3, -0.25) is 9.63 Å². The molecule has 1 aliphatic heterocycles. The molecule has 0 spiro atoms. The third-order valence-corrected chi connectivity index (χ3v) is 4.14. The molecule has 7 heteroatoms. The van der Waals surface area contributed by atoms with Gasteiger partial charge in [-0.15, -0.1) is 0 Å². The highest BCUT2D eigenvalue weighted by atomic mass is 35.5. The van der Waals surface area contributed by atoms with Crippen LogP contribution in [0.15, 0.2) is 42.5 Å². The number of halogens is 2. The van der Waals surface area contributed by atoms with Crippen molar-refractivity contribution in [1.29, 1.82) is 0 Å². The first-order chi connectivity index (χ1) is 12.0. The molecule has 0 aromatic heterocycles. The normalized spacial score (nSPS) is 15.1. The van der Waals surface area contributed by atoms with Gasteiger partial charge in [-0.2, -0.15) is 0 Å². The van der Waals surface area contributed by atoms with Gasteiger partial charge in [-0.05, 0) is 55.8 Å². The van der Waals surface area contributed by atoms with Gasteiger partial charge in [-0.1, -0.05) is 23.2 Å². The van der Waals surface area contributed by atoms with E-state index in [0.29, 0.717) is 40.4 Å². The van der Waals surface area contributed by atoms with Crippen LogP contribution in [0, 0.1) is 0 Å². The molecular weight excluding hydrogens is 365 g/mol. The molecule has 1 atom stereocenters. The van der Waals surface area contributed by atoms with Crippen LogP contribution in [0.25, 0.3) is 0 Å². The second-order valence-electron chi connectivity index (χ2n) is 5.54. The number of hydroxylamine groups is 2. The van der Waals surface area contributed by atoms with Crippen LogP contribution in [0.4, 0.5) is 0 Å². The number of hydrogen-bond donors (Lipinski definition) is 0. The molecule has 25 heavy (non-hydrogen) atoms. The van der Waals surface area contributed by atoms with Crippen molar-refractivity contribution in [2.24, 2.45) is 0 Å². The zero-order valence-electron chi connectivity index (χ0n) is 13.6. The molecule has 1 unspecified atom stereocenters. The number of carbonyl (C=O) groups is 1. The number of amides is 1. The number of carbonyl (C=O) groups excluding carboxylic acids is 1. The van der Waals surface area contributed by atoms with E-state index in [1.165, 1.54) is 5.06 Å². The second-order valence-corrected chi connectivity index (χ2v) is 6.38. The number of rotatable bonds is 5. The van der Waals surface area contributed by atoms with E-state index in [-0.39, 0.29) is 5.91 Å². The molecule has 1 fully saturated rings. The van der Waals surface area contributed by atoms with E-state index in [0.717, 1.165) is 6.42 Å². The van der Waals surface area contributed by atoms with Gasteiger partial charge in [-0.25, -0.2) is 5.06 Å². The van der Waals surface area contributed by atoms with Crippen molar-refractivity contribution in [2.75, 3.05) is 13.2 Å². The molecule has 1 saturated heterocycles. The highest BCUT2D eigenvalue weighted by molar-refractivity contribution is 6.35. The molecule has 132 valence electrons. The molecule has 2 aromatic carbocycles. The monoisotopic (exact) mass is 381 g/mol. The van der Waals surface area contributed by atoms with Gasteiger partial charge in [0.1, 0.15) is 17.2 Å². The summed E-state index contributed by atoms with van der Waals surface area (Å²) < 4.78 is 11.4. The largest absolute Gasteiger partial charge is 0.481 e. The molecule has 0 bridgehead atoms. The topological polar surface area (TPSA) is 48.0 Å². The zero-order chi connectivity index (χ0) is 17.8. The first kappa shape index (κ1) is 17.9. The first-order valence-electron chi connectivity index (χ1n) is 7.87. The Bertz CT molecular complexity index is 745. The Morgan fingerprint density at radius 1 is 1.16 bits per heavy atom. The second kappa shape index (κ2) is 7.95. The number of ether oxygens (including phenoxy) is 2. The van der Waals surface area contributed by atoms with Gasteiger partial charge in [0, 0.05) is 5.02 Å². The smallest absolute Gasteiger partial charge is 0.286 e. The van der Waals surface area contributed by atoms with Crippen LogP contribution in [0.1, 0.15) is 13.3 Å². The van der Waals surface area contributed by atoms with Crippen LogP contribution in [-0.2, 0) is 9.63 Å². The van der Waals surface area contributed by atoms with E-state index < -0.39 is 6.10 Å². The molecule has 1 aliphatic rings. The average molecular weight is 382 g/mol. The summed E-state index contributed by atoms with van der Waals surface area (Å²) in [4.78, 5) is 17.4. The molecule has 0 aliphatic carbocycles. The molecule has 1 heterocycles. The summed E-state index contributed by atoms with van der Waals surface area (Å²) in [5, 5.41) is 2.32. The lowest BCUT2D eigenvalue weighted by Crippen LogP contribution is -2.37. The van der Waals surface area contributed by atoms with E-state index in [2.05, 4.69) is 0 Å². The lowest BCUT2D eigenvalue weighted by atomic mass is 10.3. The third-order valence-electron chi connectivity index (χ3n) is 3.60. The lowest BCUT2D eigenvalue weighted by Gasteiger charge is -2.20. The molecular formula is C18H17Cl2NO4. The minimum atomic E-state index is -0.629. The Kier molecular flexibility index (Phi) is 5.68. The Morgan fingerprint density at radius 2 is 1.88 bits per heavy atom. The standard InChI is InChI=1S/C18H17Cl2NO4/c1-12(18(22)21-9-2-10-23-21)24-14-4-6-15(7-5-14)25-17-8-3-13(19)11-16(17)20/h3-8,11-12H,2,9-10H2,1H3. The van der Waals surface area contributed by atoms with E-state index in [9.17, 15) is 4.79 Å². The first-order valence-corrected chi connectivity index (χ1v) is 8.62. The van der Waals surface area contributed by atoms with Crippen LogP contribution in [0.3, 0.4) is 0 Å². The van der Waals surface area contributed by atoms with Crippen LogP contribution >= 0.6 is 23.2 Å². The van der Waals surface area contributed by atoms with E-state index in [1.807, 2.05) is 0 Å². The van der Waals surface area contributed by atoms with Crippen molar-refractivity contribution >= 4 is 29.1 Å². The Morgan fingerprint density at radius 3 is 2.52 bits per heavy atom. The van der Waals surface area contributed by atoms with Gasteiger partial charge in [0.05, 0.1) is 18.2 Å². The quantitative estimate of drug-likeness (QED) is 0.751. The summed E-state index contributed by atoms with van der Waals surface area (Å²) in [6, 6.07) is 12.0. The van der Waals surface area contributed by atoms with Gasteiger partial charge >= 0.3 is 0 Å².